The van der Waals surface area contributed by atoms with E-state index in [1.807, 2.05) is 13.8 Å². The van der Waals surface area contributed by atoms with Crippen LogP contribution in [-0.4, -0.2) is 79.8 Å². The smallest absolute Gasteiger partial charge is 0.223 e. The number of ether oxygens (including phenoxy) is 4. The van der Waals surface area contributed by atoms with E-state index in [0.29, 0.717) is 0 Å². The maximum Gasteiger partial charge on any atom is 0.223 e. The lowest BCUT2D eigenvalue weighted by Gasteiger charge is -2.42. The Balaban J connectivity index is 2.39. The van der Waals surface area contributed by atoms with Gasteiger partial charge in [-0.1, -0.05) is 64.7 Å². The highest BCUT2D eigenvalue weighted by molar-refractivity contribution is 5.77. The highest BCUT2D eigenvalue weighted by Crippen LogP contribution is 2.23. The van der Waals surface area contributed by atoms with Crippen molar-refractivity contribution in [2.75, 3.05) is 20.8 Å². The molecule has 1 amide bonds. The fourth-order valence-corrected chi connectivity index (χ4v) is 4.15. The average Bonchev–Trinajstić information content (AvgIpc) is 2.79. The first-order valence-electron chi connectivity index (χ1n) is 12.8. The zero-order valence-corrected chi connectivity index (χ0v) is 21.5. The van der Waals surface area contributed by atoms with E-state index in [1.165, 1.54) is 52.1 Å². The van der Waals surface area contributed by atoms with Crippen molar-refractivity contribution in [3.8, 4) is 0 Å². The maximum atomic E-state index is 12.6. The highest BCUT2D eigenvalue weighted by atomic mass is 16.7. The van der Waals surface area contributed by atoms with Gasteiger partial charge in [0.25, 0.3) is 0 Å². The summed E-state index contributed by atoms with van der Waals surface area (Å²) in [4.78, 5) is 12.6. The molecule has 1 saturated heterocycles. The van der Waals surface area contributed by atoms with E-state index < -0.39 is 30.6 Å². The van der Waals surface area contributed by atoms with Crippen molar-refractivity contribution in [2.24, 2.45) is 0 Å². The topological polar surface area (TPSA) is 106 Å². The van der Waals surface area contributed by atoms with Gasteiger partial charge in [0.05, 0.1) is 25.2 Å². The lowest BCUT2D eigenvalue weighted by molar-refractivity contribution is -0.266. The van der Waals surface area contributed by atoms with Crippen molar-refractivity contribution in [1.29, 1.82) is 0 Å². The SMILES string of the molecule is CCCCCCCCCCCC(CC(=O)NC1C(OC)OC(COC(C)C)C(O)C1O)OC. The summed E-state index contributed by atoms with van der Waals surface area (Å²) < 4.78 is 22.1. The number of unbranched alkanes of at least 4 members (excludes halogenated alkanes) is 8. The van der Waals surface area contributed by atoms with E-state index in [0.717, 1.165) is 19.3 Å². The molecule has 1 aliphatic heterocycles. The van der Waals surface area contributed by atoms with Crippen LogP contribution in [0.3, 0.4) is 0 Å². The Morgan fingerprint density at radius 3 is 2.12 bits per heavy atom. The van der Waals surface area contributed by atoms with Gasteiger partial charge in [-0.3, -0.25) is 4.79 Å². The highest BCUT2D eigenvalue weighted by Gasteiger charge is 2.45. The first kappa shape index (κ1) is 30.3. The zero-order valence-electron chi connectivity index (χ0n) is 21.5. The summed E-state index contributed by atoms with van der Waals surface area (Å²) in [6.45, 7) is 6.12. The van der Waals surface area contributed by atoms with Crippen LogP contribution in [0.1, 0.15) is 91.4 Å². The number of carbonyl (C=O) groups excluding carboxylic acids is 1. The molecule has 0 aromatic heterocycles. The van der Waals surface area contributed by atoms with Crippen molar-refractivity contribution in [3.63, 3.8) is 0 Å². The van der Waals surface area contributed by atoms with Crippen molar-refractivity contribution in [2.45, 2.75) is 134 Å². The minimum absolute atomic E-state index is 0.0341. The molecule has 8 heteroatoms. The number of rotatable bonds is 18. The molecule has 0 radical (unpaired) electrons. The van der Waals surface area contributed by atoms with Crippen LogP contribution in [0.4, 0.5) is 0 Å². The van der Waals surface area contributed by atoms with E-state index in [4.69, 9.17) is 18.9 Å². The lowest BCUT2D eigenvalue weighted by atomic mass is 9.96. The zero-order chi connectivity index (χ0) is 24.6. The summed E-state index contributed by atoms with van der Waals surface area (Å²) >= 11 is 0. The van der Waals surface area contributed by atoms with Crippen molar-refractivity contribution in [3.05, 3.63) is 0 Å². The van der Waals surface area contributed by atoms with Gasteiger partial charge < -0.3 is 34.5 Å². The molecule has 0 spiro atoms. The molecule has 0 saturated carbocycles. The van der Waals surface area contributed by atoms with Gasteiger partial charge >= 0.3 is 0 Å². The normalized spacial score (nSPS) is 26.5. The molecule has 196 valence electrons. The van der Waals surface area contributed by atoms with E-state index in [-0.39, 0.29) is 31.1 Å². The molecular formula is C25H49NO7. The number of nitrogens with one attached hydrogen (secondary N) is 1. The molecule has 0 aromatic rings. The number of carbonyl (C=O) groups is 1. The minimum atomic E-state index is -1.23. The predicted molar refractivity (Wildman–Crippen MR) is 128 cm³/mol. The molecule has 0 aliphatic carbocycles. The summed E-state index contributed by atoms with van der Waals surface area (Å²) in [5.74, 6) is -0.267. The van der Waals surface area contributed by atoms with Crippen molar-refractivity contribution >= 4 is 5.91 Å². The Morgan fingerprint density at radius 1 is 0.970 bits per heavy atom. The van der Waals surface area contributed by atoms with Crippen LogP contribution < -0.4 is 5.32 Å². The van der Waals surface area contributed by atoms with Crippen LogP contribution in [0.15, 0.2) is 0 Å². The number of aliphatic hydroxyl groups excluding tert-OH is 2. The van der Waals surface area contributed by atoms with Crippen LogP contribution in [-0.2, 0) is 23.7 Å². The monoisotopic (exact) mass is 475 g/mol. The molecule has 33 heavy (non-hydrogen) atoms. The quantitative estimate of drug-likeness (QED) is 0.261. The number of hydrogen-bond acceptors (Lipinski definition) is 7. The summed E-state index contributed by atoms with van der Waals surface area (Å²) in [5.41, 5.74) is 0. The van der Waals surface area contributed by atoms with Crippen LogP contribution in [0.2, 0.25) is 0 Å². The predicted octanol–water partition coefficient (Wildman–Crippen LogP) is 3.32. The first-order valence-corrected chi connectivity index (χ1v) is 12.8. The van der Waals surface area contributed by atoms with E-state index in [2.05, 4.69) is 12.2 Å². The summed E-state index contributed by atoms with van der Waals surface area (Å²) in [7, 11) is 3.06. The molecule has 6 atom stereocenters. The fourth-order valence-electron chi connectivity index (χ4n) is 4.15. The second kappa shape index (κ2) is 17.6. The Bertz CT molecular complexity index is 503. The third kappa shape index (κ3) is 12.0. The van der Waals surface area contributed by atoms with E-state index in [1.54, 1.807) is 7.11 Å². The Labute approximate surface area is 200 Å². The summed E-state index contributed by atoms with van der Waals surface area (Å²) in [6, 6.07) is -0.877. The van der Waals surface area contributed by atoms with Crippen molar-refractivity contribution < 1.29 is 34.0 Å². The number of amides is 1. The molecule has 1 aliphatic rings. The van der Waals surface area contributed by atoms with Gasteiger partial charge in [-0.15, -0.1) is 0 Å². The first-order chi connectivity index (χ1) is 15.8. The maximum absolute atomic E-state index is 12.6. The third-order valence-corrected chi connectivity index (χ3v) is 6.23. The van der Waals surface area contributed by atoms with Gasteiger partial charge in [0, 0.05) is 14.2 Å². The number of hydrogen-bond donors (Lipinski definition) is 3. The minimum Gasteiger partial charge on any atom is -0.388 e. The van der Waals surface area contributed by atoms with Gasteiger partial charge in [0.2, 0.25) is 5.91 Å². The standard InChI is InChI=1S/C25H49NO7/c1-6-7-8-9-10-11-12-13-14-15-19(30-4)16-21(27)26-22-24(29)23(28)20(17-32-18(2)3)33-25(22)31-5/h18-20,22-25,28-29H,6-17H2,1-5H3,(H,26,27). The molecule has 1 fully saturated rings. The average molecular weight is 476 g/mol. The largest absolute Gasteiger partial charge is 0.388 e. The van der Waals surface area contributed by atoms with Gasteiger partial charge in [-0.05, 0) is 20.3 Å². The molecule has 3 N–H and O–H groups in total. The molecule has 8 nitrogen and oxygen atoms in total. The number of methoxy groups -OCH3 is 2. The Morgan fingerprint density at radius 2 is 1.58 bits per heavy atom. The van der Waals surface area contributed by atoms with Crippen LogP contribution >= 0.6 is 0 Å². The molecular weight excluding hydrogens is 426 g/mol. The van der Waals surface area contributed by atoms with Gasteiger partial charge in [0.1, 0.15) is 24.4 Å². The van der Waals surface area contributed by atoms with Crippen LogP contribution in [0, 0.1) is 0 Å². The van der Waals surface area contributed by atoms with Gasteiger partial charge in [-0.2, -0.15) is 0 Å². The Hall–Kier alpha value is -0.770. The molecule has 0 aromatic carbocycles. The van der Waals surface area contributed by atoms with Crippen LogP contribution in [0.5, 0.6) is 0 Å². The van der Waals surface area contributed by atoms with E-state index >= 15 is 0 Å². The van der Waals surface area contributed by atoms with Gasteiger partial charge in [-0.25, -0.2) is 0 Å². The Kier molecular flexibility index (Phi) is 16.2. The molecule has 1 heterocycles. The fraction of sp³-hybridized carbons (Fsp3) is 0.960. The van der Waals surface area contributed by atoms with Gasteiger partial charge in [0.15, 0.2) is 6.29 Å². The summed E-state index contributed by atoms with van der Waals surface area (Å²) in [6.07, 6.45) is 7.96. The molecule has 0 bridgehead atoms. The lowest BCUT2D eigenvalue weighted by Crippen LogP contribution is -2.64. The second-order valence-electron chi connectivity index (χ2n) is 9.41. The summed E-state index contributed by atoms with van der Waals surface area (Å²) in [5, 5.41) is 23.8. The molecule has 1 rings (SSSR count). The number of aliphatic hydroxyl groups is 2. The van der Waals surface area contributed by atoms with Crippen LogP contribution in [0.25, 0.3) is 0 Å². The second-order valence-corrected chi connectivity index (χ2v) is 9.41. The third-order valence-electron chi connectivity index (χ3n) is 6.23. The van der Waals surface area contributed by atoms with E-state index in [9.17, 15) is 15.0 Å². The molecule has 6 unspecified atom stereocenters. The van der Waals surface area contributed by atoms with Crippen molar-refractivity contribution in [1.82, 2.24) is 5.32 Å².